The summed E-state index contributed by atoms with van der Waals surface area (Å²) in [6.07, 6.45) is 0. The van der Waals surface area contributed by atoms with Crippen molar-refractivity contribution >= 4 is 17.8 Å². The summed E-state index contributed by atoms with van der Waals surface area (Å²) in [7, 11) is 0. The van der Waals surface area contributed by atoms with Gasteiger partial charge >= 0.3 is 6.03 Å². The van der Waals surface area contributed by atoms with E-state index in [9.17, 15) is 14.4 Å². The molecule has 4 amide bonds. The lowest BCUT2D eigenvalue weighted by molar-refractivity contribution is -0.124. The molecule has 7 nitrogen and oxygen atoms in total. The summed E-state index contributed by atoms with van der Waals surface area (Å²) in [5, 5.41) is 7.51. The quantitative estimate of drug-likeness (QED) is 0.582. The number of imide groups is 1. The van der Waals surface area contributed by atoms with E-state index in [1.807, 2.05) is 27.7 Å². The van der Waals surface area contributed by atoms with Crippen molar-refractivity contribution in [2.24, 2.45) is 5.92 Å². The molecular weight excluding hydrogens is 260 g/mol. The zero-order valence-corrected chi connectivity index (χ0v) is 12.8. The van der Waals surface area contributed by atoms with Crippen LogP contribution in [0.2, 0.25) is 0 Å². The molecule has 0 aliphatic rings. The maximum absolute atomic E-state index is 11.7. The van der Waals surface area contributed by atoms with Gasteiger partial charge in [-0.2, -0.15) is 0 Å². The van der Waals surface area contributed by atoms with Gasteiger partial charge in [0.15, 0.2) is 0 Å². The van der Waals surface area contributed by atoms with E-state index in [-0.39, 0.29) is 19.0 Å². The van der Waals surface area contributed by atoms with E-state index in [1.54, 1.807) is 4.90 Å². The molecule has 0 atom stereocenters. The topological polar surface area (TPSA) is 90.5 Å². The molecule has 3 N–H and O–H groups in total. The maximum atomic E-state index is 11.7. The second kappa shape index (κ2) is 10.2. The third-order valence-electron chi connectivity index (χ3n) is 2.48. The summed E-state index contributed by atoms with van der Waals surface area (Å²) in [6, 6.07) is -0.502. The van der Waals surface area contributed by atoms with Gasteiger partial charge in [0, 0.05) is 13.1 Å². The molecule has 0 aliphatic carbocycles. The average Bonchev–Trinajstić information content (AvgIpc) is 2.35. The van der Waals surface area contributed by atoms with Crippen LogP contribution in [0.3, 0.4) is 0 Å². The smallest absolute Gasteiger partial charge is 0.321 e. The van der Waals surface area contributed by atoms with Crippen molar-refractivity contribution in [2.45, 2.75) is 27.7 Å². The highest BCUT2D eigenvalue weighted by Crippen LogP contribution is 1.89. The fraction of sp³-hybridized carbons (Fsp3) is 0.769. The molecule has 0 radical (unpaired) electrons. The number of amides is 4. The Morgan fingerprint density at radius 1 is 1.00 bits per heavy atom. The van der Waals surface area contributed by atoms with Crippen LogP contribution in [0.4, 0.5) is 4.79 Å². The third-order valence-corrected chi connectivity index (χ3v) is 2.48. The molecule has 7 heteroatoms. The van der Waals surface area contributed by atoms with Gasteiger partial charge in [-0.3, -0.25) is 19.8 Å². The SMILES string of the molecule is CCNC(=O)CN(CC)CC(=O)NC(=O)NCC(C)C. The lowest BCUT2D eigenvalue weighted by atomic mass is 10.2. The number of likely N-dealkylation sites (N-methyl/N-ethyl adjacent to an activating group) is 2. The van der Waals surface area contributed by atoms with Gasteiger partial charge in [0.1, 0.15) is 0 Å². The second-order valence-corrected chi connectivity index (χ2v) is 4.91. The summed E-state index contributed by atoms with van der Waals surface area (Å²) in [5.74, 6) is -0.232. The largest absolute Gasteiger partial charge is 0.355 e. The molecule has 0 aromatic carbocycles. The minimum Gasteiger partial charge on any atom is -0.355 e. The Morgan fingerprint density at radius 2 is 1.60 bits per heavy atom. The summed E-state index contributed by atoms with van der Waals surface area (Å²) in [6.45, 7) is 9.40. The normalized spacial score (nSPS) is 10.5. The molecular formula is C13H26N4O3. The molecule has 0 saturated heterocycles. The molecule has 0 heterocycles. The highest BCUT2D eigenvalue weighted by Gasteiger charge is 2.14. The molecule has 0 aliphatic heterocycles. The van der Waals surface area contributed by atoms with E-state index in [4.69, 9.17) is 0 Å². The molecule has 0 saturated carbocycles. The van der Waals surface area contributed by atoms with Gasteiger partial charge in [0.2, 0.25) is 11.8 Å². The van der Waals surface area contributed by atoms with Crippen LogP contribution in [-0.4, -0.2) is 55.5 Å². The first-order chi connectivity index (χ1) is 9.38. The Kier molecular flexibility index (Phi) is 9.36. The maximum Gasteiger partial charge on any atom is 0.321 e. The van der Waals surface area contributed by atoms with Gasteiger partial charge in [-0.15, -0.1) is 0 Å². The number of hydrogen-bond acceptors (Lipinski definition) is 4. The van der Waals surface area contributed by atoms with E-state index in [1.165, 1.54) is 0 Å². The minimum absolute atomic E-state index is 0.0166. The van der Waals surface area contributed by atoms with Crippen LogP contribution in [0, 0.1) is 5.92 Å². The van der Waals surface area contributed by atoms with E-state index < -0.39 is 11.9 Å². The number of rotatable bonds is 8. The first-order valence-corrected chi connectivity index (χ1v) is 6.95. The Hall–Kier alpha value is -1.63. The van der Waals surface area contributed by atoms with Crippen molar-refractivity contribution in [1.82, 2.24) is 20.9 Å². The average molecular weight is 286 g/mol. The lowest BCUT2D eigenvalue weighted by Crippen LogP contribution is -2.47. The fourth-order valence-corrected chi connectivity index (χ4v) is 1.45. The van der Waals surface area contributed by atoms with Gasteiger partial charge in [-0.1, -0.05) is 20.8 Å². The summed E-state index contributed by atoms with van der Waals surface area (Å²) in [4.78, 5) is 36.2. The molecule has 20 heavy (non-hydrogen) atoms. The van der Waals surface area contributed by atoms with Crippen molar-refractivity contribution in [3.05, 3.63) is 0 Å². The standard InChI is InChI=1S/C13H26N4O3/c1-5-14-11(18)8-17(6-2)9-12(19)16-13(20)15-7-10(3)4/h10H,5-9H2,1-4H3,(H,14,18)(H2,15,16,19,20). The van der Waals surface area contributed by atoms with Gasteiger partial charge in [0.25, 0.3) is 0 Å². The fourth-order valence-electron chi connectivity index (χ4n) is 1.45. The number of urea groups is 1. The van der Waals surface area contributed by atoms with E-state index in [2.05, 4.69) is 16.0 Å². The monoisotopic (exact) mass is 286 g/mol. The van der Waals surface area contributed by atoms with Crippen LogP contribution in [0.25, 0.3) is 0 Å². The van der Waals surface area contributed by atoms with Crippen LogP contribution in [0.15, 0.2) is 0 Å². The first-order valence-electron chi connectivity index (χ1n) is 6.95. The Labute approximate surface area is 120 Å². The van der Waals surface area contributed by atoms with E-state index in [0.717, 1.165) is 0 Å². The number of nitrogens with one attached hydrogen (secondary N) is 3. The molecule has 0 spiro atoms. The predicted molar refractivity (Wildman–Crippen MR) is 77.2 cm³/mol. The Morgan fingerprint density at radius 3 is 2.10 bits per heavy atom. The number of carbonyl (C=O) groups excluding carboxylic acids is 3. The second-order valence-electron chi connectivity index (χ2n) is 4.91. The Bertz CT molecular complexity index is 332. The number of nitrogens with zero attached hydrogens (tertiary/aromatic N) is 1. The molecule has 116 valence electrons. The first kappa shape index (κ1) is 18.4. The van der Waals surface area contributed by atoms with Crippen LogP contribution in [0.5, 0.6) is 0 Å². The highest BCUT2D eigenvalue weighted by molar-refractivity contribution is 5.95. The van der Waals surface area contributed by atoms with Crippen molar-refractivity contribution in [1.29, 1.82) is 0 Å². The molecule has 0 aromatic heterocycles. The minimum atomic E-state index is -0.502. The van der Waals surface area contributed by atoms with Crippen molar-refractivity contribution in [3.63, 3.8) is 0 Å². The molecule has 0 bridgehead atoms. The number of hydrogen-bond donors (Lipinski definition) is 3. The predicted octanol–water partition coefficient (Wildman–Crippen LogP) is -0.0738. The van der Waals surface area contributed by atoms with Gasteiger partial charge in [-0.05, 0) is 19.4 Å². The van der Waals surface area contributed by atoms with E-state index >= 15 is 0 Å². The van der Waals surface area contributed by atoms with Crippen molar-refractivity contribution < 1.29 is 14.4 Å². The van der Waals surface area contributed by atoms with Gasteiger partial charge < -0.3 is 10.6 Å². The summed E-state index contributed by atoms with van der Waals surface area (Å²) < 4.78 is 0. The third kappa shape index (κ3) is 9.32. The molecule has 0 aromatic rings. The van der Waals surface area contributed by atoms with Gasteiger partial charge in [-0.25, -0.2) is 4.79 Å². The zero-order chi connectivity index (χ0) is 15.5. The molecule has 0 fully saturated rings. The van der Waals surface area contributed by atoms with Crippen LogP contribution >= 0.6 is 0 Å². The van der Waals surface area contributed by atoms with Crippen molar-refractivity contribution in [2.75, 3.05) is 32.7 Å². The molecule has 0 unspecified atom stereocenters. The summed E-state index contributed by atoms with van der Waals surface area (Å²) in [5.41, 5.74) is 0. The van der Waals surface area contributed by atoms with Crippen LogP contribution < -0.4 is 16.0 Å². The highest BCUT2D eigenvalue weighted by atomic mass is 16.2. The Balaban J connectivity index is 4.08. The lowest BCUT2D eigenvalue weighted by Gasteiger charge is -2.19. The number of carbonyl (C=O) groups is 3. The summed E-state index contributed by atoms with van der Waals surface area (Å²) >= 11 is 0. The van der Waals surface area contributed by atoms with Crippen molar-refractivity contribution in [3.8, 4) is 0 Å². The van der Waals surface area contributed by atoms with E-state index in [0.29, 0.717) is 25.6 Å². The van der Waals surface area contributed by atoms with Crippen LogP contribution in [-0.2, 0) is 9.59 Å². The van der Waals surface area contributed by atoms with Gasteiger partial charge in [0.05, 0.1) is 13.1 Å². The zero-order valence-electron chi connectivity index (χ0n) is 12.8. The molecule has 0 rings (SSSR count). The van der Waals surface area contributed by atoms with Crippen LogP contribution in [0.1, 0.15) is 27.7 Å².